The van der Waals surface area contributed by atoms with Crippen molar-refractivity contribution in [3.63, 3.8) is 0 Å². The molecule has 5 nitrogen and oxygen atoms in total. The summed E-state index contributed by atoms with van der Waals surface area (Å²) in [5.74, 6) is -0.788. The molecule has 1 heterocycles. The molecule has 1 aromatic heterocycles. The van der Waals surface area contributed by atoms with Crippen LogP contribution in [0.5, 0.6) is 0 Å². The summed E-state index contributed by atoms with van der Waals surface area (Å²) in [5.41, 5.74) is 2.21. The molecular weight excluding hydrogens is 244 g/mol. The molecule has 0 aliphatic heterocycles. The molecule has 0 saturated heterocycles. The van der Waals surface area contributed by atoms with Crippen LogP contribution >= 0.6 is 0 Å². The number of carboxylic acid groups (broad SMARTS) is 1. The third-order valence-corrected chi connectivity index (χ3v) is 4.03. The SMILES string of the molecule is Cc1nc(=O)n(C2CC2C)c(C)c1CC(C)C(=O)O. The van der Waals surface area contributed by atoms with Crippen LogP contribution in [-0.2, 0) is 11.2 Å². The lowest BCUT2D eigenvalue weighted by Gasteiger charge is -2.16. The van der Waals surface area contributed by atoms with Gasteiger partial charge in [0.1, 0.15) is 0 Å². The molecule has 1 aromatic rings. The number of hydrogen-bond acceptors (Lipinski definition) is 3. The van der Waals surface area contributed by atoms with Crippen LogP contribution in [0.15, 0.2) is 4.79 Å². The third-order valence-electron chi connectivity index (χ3n) is 4.03. The highest BCUT2D eigenvalue weighted by atomic mass is 16.4. The zero-order chi connectivity index (χ0) is 14.3. The van der Waals surface area contributed by atoms with Crippen LogP contribution in [0.1, 0.15) is 43.3 Å². The summed E-state index contributed by atoms with van der Waals surface area (Å²) in [7, 11) is 0. The van der Waals surface area contributed by atoms with E-state index in [-0.39, 0.29) is 11.7 Å². The van der Waals surface area contributed by atoms with E-state index in [0.29, 0.717) is 18.0 Å². The van der Waals surface area contributed by atoms with Gasteiger partial charge < -0.3 is 5.11 Å². The first-order valence-corrected chi connectivity index (χ1v) is 6.64. The highest BCUT2D eigenvalue weighted by Crippen LogP contribution is 2.42. The standard InChI is InChI=1S/C14H20N2O3/c1-7-6-12(7)16-10(4)11(5-8(2)13(17)18)9(3)15-14(16)19/h7-8,12H,5-6H2,1-4H3,(H,17,18). The van der Waals surface area contributed by atoms with E-state index in [4.69, 9.17) is 5.11 Å². The molecule has 104 valence electrons. The molecule has 0 amide bonds. The van der Waals surface area contributed by atoms with Gasteiger partial charge in [0.25, 0.3) is 0 Å². The van der Waals surface area contributed by atoms with Crippen molar-refractivity contribution in [2.24, 2.45) is 11.8 Å². The van der Waals surface area contributed by atoms with Gasteiger partial charge in [-0.25, -0.2) is 4.79 Å². The van der Waals surface area contributed by atoms with Gasteiger partial charge in [0.2, 0.25) is 0 Å². The molecule has 0 radical (unpaired) electrons. The second kappa shape index (κ2) is 4.79. The number of aliphatic carboxylic acids is 1. The smallest absolute Gasteiger partial charge is 0.348 e. The van der Waals surface area contributed by atoms with Crippen molar-refractivity contribution >= 4 is 5.97 Å². The summed E-state index contributed by atoms with van der Waals surface area (Å²) < 4.78 is 1.74. The highest BCUT2D eigenvalue weighted by Gasteiger charge is 2.37. The van der Waals surface area contributed by atoms with E-state index >= 15 is 0 Å². The normalized spacial score (nSPS) is 23.2. The lowest BCUT2D eigenvalue weighted by Crippen LogP contribution is -2.28. The average Bonchev–Trinajstić information content (AvgIpc) is 3.00. The van der Waals surface area contributed by atoms with Crippen molar-refractivity contribution < 1.29 is 9.90 Å². The zero-order valence-corrected chi connectivity index (χ0v) is 11.8. The molecule has 0 bridgehead atoms. The molecule has 1 saturated carbocycles. The van der Waals surface area contributed by atoms with Crippen molar-refractivity contribution in [3.8, 4) is 0 Å². The fourth-order valence-corrected chi connectivity index (χ4v) is 2.56. The third kappa shape index (κ3) is 2.55. The van der Waals surface area contributed by atoms with Gasteiger partial charge >= 0.3 is 11.7 Å². The van der Waals surface area contributed by atoms with Crippen LogP contribution in [0.3, 0.4) is 0 Å². The summed E-state index contributed by atoms with van der Waals surface area (Å²) in [6.07, 6.45) is 1.42. The van der Waals surface area contributed by atoms with E-state index < -0.39 is 11.9 Å². The average molecular weight is 264 g/mol. The van der Waals surface area contributed by atoms with Gasteiger partial charge in [-0.1, -0.05) is 13.8 Å². The predicted molar refractivity (Wildman–Crippen MR) is 71.3 cm³/mol. The van der Waals surface area contributed by atoms with E-state index in [1.165, 1.54) is 0 Å². The Labute approximate surface area is 112 Å². The Hall–Kier alpha value is -1.65. The number of rotatable bonds is 4. The molecule has 19 heavy (non-hydrogen) atoms. The largest absolute Gasteiger partial charge is 0.481 e. The van der Waals surface area contributed by atoms with Gasteiger partial charge in [-0.3, -0.25) is 9.36 Å². The topological polar surface area (TPSA) is 72.2 Å². The van der Waals surface area contributed by atoms with Gasteiger partial charge in [0, 0.05) is 17.4 Å². The van der Waals surface area contributed by atoms with Crippen LogP contribution in [0, 0.1) is 25.7 Å². The molecule has 3 atom stereocenters. The van der Waals surface area contributed by atoms with Crippen LogP contribution in [0.25, 0.3) is 0 Å². The number of aromatic nitrogens is 2. The number of nitrogens with zero attached hydrogens (tertiary/aromatic N) is 2. The Morgan fingerprint density at radius 2 is 2.11 bits per heavy atom. The Morgan fingerprint density at radius 1 is 1.53 bits per heavy atom. The van der Waals surface area contributed by atoms with E-state index in [1.807, 2.05) is 6.92 Å². The lowest BCUT2D eigenvalue weighted by molar-refractivity contribution is -0.141. The Morgan fingerprint density at radius 3 is 2.58 bits per heavy atom. The van der Waals surface area contributed by atoms with Crippen molar-refractivity contribution in [2.45, 2.75) is 46.6 Å². The van der Waals surface area contributed by atoms with Crippen molar-refractivity contribution in [1.82, 2.24) is 9.55 Å². The number of hydrogen-bond donors (Lipinski definition) is 1. The highest BCUT2D eigenvalue weighted by molar-refractivity contribution is 5.70. The second-order valence-electron chi connectivity index (χ2n) is 5.64. The molecule has 0 spiro atoms. The quantitative estimate of drug-likeness (QED) is 0.898. The van der Waals surface area contributed by atoms with Crippen LogP contribution in [-0.4, -0.2) is 20.6 Å². The maximum atomic E-state index is 12.0. The monoisotopic (exact) mass is 264 g/mol. The minimum Gasteiger partial charge on any atom is -0.481 e. The molecule has 1 fully saturated rings. The Balaban J connectivity index is 2.43. The summed E-state index contributed by atoms with van der Waals surface area (Å²) in [6.45, 7) is 7.45. The molecule has 2 rings (SSSR count). The molecule has 1 N–H and O–H groups in total. The van der Waals surface area contributed by atoms with Gasteiger partial charge in [-0.15, -0.1) is 0 Å². The summed E-state index contributed by atoms with van der Waals surface area (Å²) in [6, 6.07) is 0.236. The molecule has 0 aromatic carbocycles. The van der Waals surface area contributed by atoms with Crippen LogP contribution in [0.2, 0.25) is 0 Å². The maximum absolute atomic E-state index is 12.0. The van der Waals surface area contributed by atoms with Crippen LogP contribution in [0.4, 0.5) is 0 Å². The van der Waals surface area contributed by atoms with Gasteiger partial charge in [-0.05, 0) is 38.2 Å². The minimum atomic E-state index is -0.823. The number of carboxylic acids is 1. The van der Waals surface area contributed by atoms with Gasteiger partial charge in [-0.2, -0.15) is 4.98 Å². The van der Waals surface area contributed by atoms with Gasteiger partial charge in [0.15, 0.2) is 0 Å². The van der Waals surface area contributed by atoms with Crippen molar-refractivity contribution in [2.75, 3.05) is 0 Å². The number of carbonyl (C=O) groups is 1. The Kier molecular flexibility index (Phi) is 3.47. The molecule has 3 unspecified atom stereocenters. The first-order valence-electron chi connectivity index (χ1n) is 6.64. The second-order valence-corrected chi connectivity index (χ2v) is 5.64. The van der Waals surface area contributed by atoms with Gasteiger partial charge in [0.05, 0.1) is 5.92 Å². The fourth-order valence-electron chi connectivity index (χ4n) is 2.56. The van der Waals surface area contributed by atoms with E-state index in [1.54, 1.807) is 18.4 Å². The minimum absolute atomic E-state index is 0.212. The van der Waals surface area contributed by atoms with Crippen LogP contribution < -0.4 is 5.69 Å². The molecule has 1 aliphatic carbocycles. The van der Waals surface area contributed by atoms with Crippen molar-refractivity contribution in [3.05, 3.63) is 27.4 Å². The Bertz CT molecular complexity index is 577. The maximum Gasteiger partial charge on any atom is 0.348 e. The lowest BCUT2D eigenvalue weighted by atomic mass is 9.99. The summed E-state index contributed by atoms with van der Waals surface area (Å²) in [4.78, 5) is 27.0. The number of aryl methyl sites for hydroxylation is 1. The summed E-state index contributed by atoms with van der Waals surface area (Å²) >= 11 is 0. The first-order chi connectivity index (χ1) is 8.82. The van der Waals surface area contributed by atoms with Crippen molar-refractivity contribution in [1.29, 1.82) is 0 Å². The fraction of sp³-hybridized carbons (Fsp3) is 0.643. The molecule has 5 heteroatoms. The van der Waals surface area contributed by atoms with E-state index in [0.717, 1.165) is 17.7 Å². The molecule has 1 aliphatic rings. The summed E-state index contributed by atoms with van der Waals surface area (Å²) in [5, 5.41) is 9.02. The predicted octanol–water partition coefficient (Wildman–Crippen LogP) is 1.70. The zero-order valence-electron chi connectivity index (χ0n) is 11.8. The first kappa shape index (κ1) is 13.8. The van der Waals surface area contributed by atoms with E-state index in [9.17, 15) is 9.59 Å². The van der Waals surface area contributed by atoms with E-state index in [2.05, 4.69) is 11.9 Å². The molecular formula is C14H20N2O3.